The summed E-state index contributed by atoms with van der Waals surface area (Å²) in [6.45, 7) is 14.6. The minimum absolute atomic E-state index is 0.0165. The Bertz CT molecular complexity index is 528. The Kier molecular flexibility index (Phi) is 5.37. The zero-order valence-corrected chi connectivity index (χ0v) is 18.8. The minimum atomic E-state index is -2.12. The second-order valence-electron chi connectivity index (χ2n) is 8.87. The molecule has 3 aliphatic rings. The zero-order valence-electron chi connectivity index (χ0n) is 16.2. The number of fused-ring (bicyclic) bond motifs is 1. The normalized spacial score (nSPS) is 36.4. The van der Waals surface area contributed by atoms with E-state index in [-0.39, 0.29) is 21.7 Å². The highest BCUT2D eigenvalue weighted by Gasteiger charge is 2.60. The molecule has 8 heteroatoms. The summed E-state index contributed by atoms with van der Waals surface area (Å²) in [5.41, 5.74) is 0. The van der Waals surface area contributed by atoms with E-state index in [1.807, 2.05) is 37.4 Å². The summed E-state index contributed by atoms with van der Waals surface area (Å²) in [7, 11) is -2.12. The molecule has 0 amide bonds. The van der Waals surface area contributed by atoms with Gasteiger partial charge in [-0.2, -0.15) is 0 Å². The molecule has 4 atom stereocenters. The Morgan fingerprint density at radius 3 is 2.20 bits per heavy atom. The second-order valence-corrected chi connectivity index (χ2v) is 16.4. The van der Waals surface area contributed by atoms with Crippen LogP contribution in [0, 0.1) is 0 Å². The van der Waals surface area contributed by atoms with Crippen LogP contribution in [0.15, 0.2) is 0 Å². The van der Waals surface area contributed by atoms with Gasteiger partial charge in [-0.05, 0) is 32.0 Å². The van der Waals surface area contributed by atoms with Gasteiger partial charge in [-0.15, -0.1) is 23.5 Å². The van der Waals surface area contributed by atoms with Crippen molar-refractivity contribution < 1.29 is 23.4 Å². The number of esters is 1. The van der Waals surface area contributed by atoms with E-state index in [9.17, 15) is 4.79 Å². The van der Waals surface area contributed by atoms with Crippen molar-refractivity contribution in [2.75, 3.05) is 11.5 Å². The third kappa shape index (κ3) is 3.94. The van der Waals surface area contributed by atoms with Crippen LogP contribution >= 0.6 is 23.5 Å². The predicted molar refractivity (Wildman–Crippen MR) is 104 cm³/mol. The molecule has 0 unspecified atom stereocenters. The second kappa shape index (κ2) is 6.70. The van der Waals surface area contributed by atoms with Gasteiger partial charge in [0.2, 0.25) is 0 Å². The van der Waals surface area contributed by atoms with E-state index < -0.39 is 32.4 Å². The first-order valence-electron chi connectivity index (χ1n) is 8.88. The summed E-state index contributed by atoms with van der Waals surface area (Å²) < 4.78 is 24.7. The van der Waals surface area contributed by atoms with Crippen molar-refractivity contribution >= 4 is 37.8 Å². The maximum absolute atomic E-state index is 12.6. The van der Waals surface area contributed by atoms with Gasteiger partial charge in [-0.1, -0.05) is 20.8 Å². The number of carbonyl (C=O) groups is 1. The molecule has 0 spiro atoms. The van der Waals surface area contributed by atoms with Crippen LogP contribution in [0.25, 0.3) is 0 Å². The maximum Gasteiger partial charge on any atom is 0.337 e. The first-order chi connectivity index (χ1) is 11.4. The van der Waals surface area contributed by atoms with Crippen LogP contribution in [0.3, 0.4) is 0 Å². The molecule has 5 nitrogen and oxygen atoms in total. The number of thioether (sulfide) groups is 2. The third-order valence-electron chi connectivity index (χ3n) is 5.41. The van der Waals surface area contributed by atoms with Crippen molar-refractivity contribution in [3.8, 4) is 0 Å². The van der Waals surface area contributed by atoms with Gasteiger partial charge in [0.1, 0.15) is 12.2 Å². The van der Waals surface area contributed by atoms with Crippen LogP contribution in [0.4, 0.5) is 0 Å². The van der Waals surface area contributed by atoms with Gasteiger partial charge in [0.25, 0.3) is 0 Å². The van der Waals surface area contributed by atoms with E-state index in [1.54, 1.807) is 0 Å². The predicted octanol–water partition coefficient (Wildman–Crippen LogP) is 3.63. The molecule has 0 N–H and O–H groups in total. The average Bonchev–Trinajstić information content (AvgIpc) is 3.06. The first kappa shape index (κ1) is 20.0. The van der Waals surface area contributed by atoms with E-state index in [2.05, 4.69) is 33.9 Å². The first-order valence-corrected chi connectivity index (χ1v) is 13.9. The fourth-order valence-corrected chi connectivity index (χ4v) is 7.31. The maximum atomic E-state index is 12.6. The summed E-state index contributed by atoms with van der Waals surface area (Å²) in [4.78, 5) is 12.6. The average molecular weight is 407 g/mol. The fraction of sp³-hybridized carbons (Fsp3) is 0.941. The standard InChI is InChI=1S/C17H30O5S2Si/c1-16(2,3)25(6,7)22-12-11-10(19-14(12)18)13(15-23-8-9-24-15)21-17(4,5)20-11/h10-13,15H,8-9H2,1-7H3/t10-,11+,12-,13+/m1/s1. The van der Waals surface area contributed by atoms with E-state index in [0.29, 0.717) is 0 Å². The highest BCUT2D eigenvalue weighted by Crippen LogP contribution is 2.46. The number of hydrogen-bond acceptors (Lipinski definition) is 7. The lowest BCUT2D eigenvalue weighted by Gasteiger charge is -2.45. The quantitative estimate of drug-likeness (QED) is 0.524. The van der Waals surface area contributed by atoms with Gasteiger partial charge in [-0.25, -0.2) is 4.79 Å². The molecule has 0 bridgehead atoms. The molecular formula is C17H30O5S2Si. The lowest BCUT2D eigenvalue weighted by molar-refractivity contribution is -0.323. The van der Waals surface area contributed by atoms with Crippen molar-refractivity contribution in [2.24, 2.45) is 0 Å². The number of ether oxygens (including phenoxy) is 3. The van der Waals surface area contributed by atoms with Gasteiger partial charge in [0.15, 0.2) is 26.3 Å². The van der Waals surface area contributed by atoms with Crippen LogP contribution < -0.4 is 0 Å². The molecule has 144 valence electrons. The van der Waals surface area contributed by atoms with Gasteiger partial charge in [-0.3, -0.25) is 0 Å². The van der Waals surface area contributed by atoms with Gasteiger partial charge in [0, 0.05) is 11.5 Å². The smallest absolute Gasteiger partial charge is 0.337 e. The molecular weight excluding hydrogens is 376 g/mol. The highest BCUT2D eigenvalue weighted by molar-refractivity contribution is 8.20. The fourth-order valence-electron chi connectivity index (χ4n) is 3.09. The lowest BCUT2D eigenvalue weighted by atomic mass is 10.0. The van der Waals surface area contributed by atoms with Gasteiger partial charge >= 0.3 is 5.97 Å². The number of hydrogen-bond donors (Lipinski definition) is 0. The van der Waals surface area contributed by atoms with Gasteiger partial charge < -0.3 is 18.6 Å². The van der Waals surface area contributed by atoms with Crippen LogP contribution in [-0.2, 0) is 23.4 Å². The molecule has 3 heterocycles. The highest BCUT2D eigenvalue weighted by atomic mass is 32.2. The molecule has 0 radical (unpaired) electrons. The van der Waals surface area contributed by atoms with Crippen molar-refractivity contribution in [3.05, 3.63) is 0 Å². The SMILES string of the molecule is CC1(C)O[C@H]2[C@@H](OC(=O)[C@@H]2O[Si](C)(C)C(C)(C)C)[C@@H](C2SCCS2)O1. The van der Waals surface area contributed by atoms with E-state index in [4.69, 9.17) is 18.6 Å². The van der Waals surface area contributed by atoms with Crippen LogP contribution in [-0.4, -0.2) is 60.6 Å². The van der Waals surface area contributed by atoms with Crippen molar-refractivity contribution in [3.63, 3.8) is 0 Å². The molecule has 0 saturated carbocycles. The number of carbonyl (C=O) groups excluding carboxylic acids is 1. The molecule has 3 saturated heterocycles. The van der Waals surface area contributed by atoms with Crippen molar-refractivity contribution in [1.29, 1.82) is 0 Å². The van der Waals surface area contributed by atoms with Crippen LogP contribution in [0.2, 0.25) is 18.1 Å². The molecule has 0 aliphatic carbocycles. The molecule has 25 heavy (non-hydrogen) atoms. The van der Waals surface area contributed by atoms with Crippen LogP contribution in [0.1, 0.15) is 34.6 Å². The Balaban J connectivity index is 1.84. The Morgan fingerprint density at radius 1 is 1.08 bits per heavy atom. The Morgan fingerprint density at radius 2 is 1.64 bits per heavy atom. The van der Waals surface area contributed by atoms with E-state index >= 15 is 0 Å². The van der Waals surface area contributed by atoms with Crippen molar-refractivity contribution in [2.45, 2.75) is 87.5 Å². The molecule has 3 fully saturated rings. The minimum Gasteiger partial charge on any atom is -0.455 e. The van der Waals surface area contributed by atoms with Crippen molar-refractivity contribution in [1.82, 2.24) is 0 Å². The molecule has 0 aromatic heterocycles. The molecule has 0 aromatic rings. The van der Waals surface area contributed by atoms with Crippen LogP contribution in [0.5, 0.6) is 0 Å². The van der Waals surface area contributed by atoms with E-state index in [1.165, 1.54) is 0 Å². The molecule has 3 rings (SSSR count). The summed E-state index contributed by atoms with van der Waals surface area (Å²) in [5, 5.41) is 0.0165. The molecule has 3 aliphatic heterocycles. The van der Waals surface area contributed by atoms with Gasteiger partial charge in [0.05, 0.1) is 4.58 Å². The van der Waals surface area contributed by atoms with E-state index in [0.717, 1.165) is 11.5 Å². The summed E-state index contributed by atoms with van der Waals surface area (Å²) in [6.07, 6.45) is -1.62. The Hall–Kier alpha value is 0.267. The topological polar surface area (TPSA) is 54.0 Å². The Labute approximate surface area is 160 Å². The monoisotopic (exact) mass is 406 g/mol. The lowest BCUT2D eigenvalue weighted by Crippen LogP contribution is -2.59. The summed E-state index contributed by atoms with van der Waals surface area (Å²) in [6, 6.07) is 0. The zero-order chi connectivity index (χ0) is 18.6. The summed E-state index contributed by atoms with van der Waals surface area (Å²) in [5.74, 6) is 1.15. The largest absolute Gasteiger partial charge is 0.455 e. The summed E-state index contributed by atoms with van der Waals surface area (Å²) >= 11 is 3.75. The molecule has 0 aromatic carbocycles. The third-order valence-corrected chi connectivity index (χ3v) is 13.0. The number of rotatable bonds is 3.